The van der Waals surface area contributed by atoms with E-state index in [1.165, 1.54) is 4.57 Å². The third-order valence-corrected chi connectivity index (χ3v) is 5.09. The fourth-order valence-corrected chi connectivity index (χ4v) is 3.58. The number of hydrogen-bond acceptors (Lipinski definition) is 5. The summed E-state index contributed by atoms with van der Waals surface area (Å²) in [5.74, 6) is -0.284. The number of pyridine rings is 1. The molecule has 2 fully saturated rings. The van der Waals surface area contributed by atoms with Crippen LogP contribution in [0.2, 0.25) is 0 Å². The van der Waals surface area contributed by atoms with E-state index in [1.54, 1.807) is 44.4 Å². The van der Waals surface area contributed by atoms with Gasteiger partial charge in [-0.2, -0.15) is 0 Å². The Hall–Kier alpha value is -2.19. The molecule has 3 heterocycles. The van der Waals surface area contributed by atoms with Crippen LogP contribution in [0.5, 0.6) is 0 Å². The van der Waals surface area contributed by atoms with Crippen LogP contribution >= 0.6 is 0 Å². The zero-order valence-corrected chi connectivity index (χ0v) is 15.5. The molecule has 2 amide bonds. The molecule has 3 atom stereocenters. The highest BCUT2D eigenvalue weighted by Crippen LogP contribution is 2.24. The van der Waals surface area contributed by atoms with E-state index in [4.69, 9.17) is 4.74 Å². The van der Waals surface area contributed by atoms with Crippen LogP contribution in [0.15, 0.2) is 23.1 Å². The molecule has 1 aromatic rings. The van der Waals surface area contributed by atoms with Crippen molar-refractivity contribution in [3.63, 3.8) is 0 Å². The third-order valence-electron chi connectivity index (χ3n) is 5.09. The summed E-state index contributed by atoms with van der Waals surface area (Å²) in [6, 6.07) is 3.45. The normalized spacial score (nSPS) is 25.6. The number of nitrogens with one attached hydrogen (secondary N) is 1. The molecule has 0 saturated carbocycles. The first-order valence-corrected chi connectivity index (χ1v) is 8.87. The molecule has 142 valence electrons. The van der Waals surface area contributed by atoms with Crippen LogP contribution < -0.4 is 10.9 Å². The van der Waals surface area contributed by atoms with Gasteiger partial charge in [-0.25, -0.2) is 0 Å². The van der Waals surface area contributed by atoms with Crippen LogP contribution in [0.1, 0.15) is 23.2 Å². The minimum Gasteiger partial charge on any atom is -0.375 e. The Kier molecular flexibility index (Phi) is 5.43. The van der Waals surface area contributed by atoms with Crippen LogP contribution in [-0.4, -0.2) is 78.2 Å². The number of carbonyl (C=O) groups is 2. The van der Waals surface area contributed by atoms with E-state index >= 15 is 0 Å². The first kappa shape index (κ1) is 18.6. The van der Waals surface area contributed by atoms with Crippen molar-refractivity contribution in [3.05, 3.63) is 34.2 Å². The van der Waals surface area contributed by atoms with E-state index in [-0.39, 0.29) is 41.1 Å². The largest absolute Gasteiger partial charge is 0.375 e. The molecule has 0 bridgehead atoms. The lowest BCUT2D eigenvalue weighted by Crippen LogP contribution is -2.47. The monoisotopic (exact) mass is 362 g/mol. The Morgan fingerprint density at radius 2 is 2.12 bits per heavy atom. The summed E-state index contributed by atoms with van der Waals surface area (Å²) in [7, 11) is 5.11. The van der Waals surface area contributed by atoms with Crippen molar-refractivity contribution in [2.24, 2.45) is 7.05 Å². The maximum absolute atomic E-state index is 12.4. The number of carbonyl (C=O) groups excluding carboxylic acids is 2. The molecule has 8 heteroatoms. The van der Waals surface area contributed by atoms with E-state index in [0.717, 1.165) is 6.42 Å². The summed E-state index contributed by atoms with van der Waals surface area (Å²) >= 11 is 0. The molecule has 3 rings (SSSR count). The van der Waals surface area contributed by atoms with Gasteiger partial charge >= 0.3 is 0 Å². The Morgan fingerprint density at radius 1 is 1.35 bits per heavy atom. The van der Waals surface area contributed by atoms with Crippen molar-refractivity contribution in [1.29, 1.82) is 0 Å². The SMILES string of the molecule is CN(C)C(=O)C[C@H]1CN2C[C@H](NC(=O)c3cccn(C)c3=O)C[C@H]2CO1. The Morgan fingerprint density at radius 3 is 2.85 bits per heavy atom. The summed E-state index contributed by atoms with van der Waals surface area (Å²) in [6.45, 7) is 1.95. The summed E-state index contributed by atoms with van der Waals surface area (Å²) in [6.07, 6.45) is 2.67. The molecule has 0 aliphatic carbocycles. The van der Waals surface area contributed by atoms with Gasteiger partial charge in [0.15, 0.2) is 0 Å². The Bertz CT molecular complexity index is 745. The van der Waals surface area contributed by atoms with Gasteiger partial charge in [-0.3, -0.25) is 19.3 Å². The van der Waals surface area contributed by atoms with Gasteiger partial charge in [0, 0.05) is 52.5 Å². The highest BCUT2D eigenvalue weighted by Gasteiger charge is 2.38. The fourth-order valence-electron chi connectivity index (χ4n) is 3.58. The molecule has 2 aliphatic heterocycles. The lowest BCUT2D eigenvalue weighted by molar-refractivity contribution is -0.134. The maximum Gasteiger partial charge on any atom is 0.263 e. The summed E-state index contributed by atoms with van der Waals surface area (Å²) < 4.78 is 7.23. The zero-order valence-electron chi connectivity index (χ0n) is 15.5. The van der Waals surface area contributed by atoms with Gasteiger partial charge in [0.2, 0.25) is 5.91 Å². The molecule has 2 aliphatic rings. The van der Waals surface area contributed by atoms with Crippen LogP contribution in [0, 0.1) is 0 Å². The maximum atomic E-state index is 12.4. The molecular weight excluding hydrogens is 336 g/mol. The fraction of sp³-hybridized carbons (Fsp3) is 0.611. The van der Waals surface area contributed by atoms with Gasteiger partial charge in [-0.1, -0.05) is 0 Å². The lowest BCUT2D eigenvalue weighted by Gasteiger charge is -2.35. The van der Waals surface area contributed by atoms with Gasteiger partial charge in [0.05, 0.1) is 19.1 Å². The van der Waals surface area contributed by atoms with E-state index in [0.29, 0.717) is 26.1 Å². The Labute approximate surface area is 152 Å². The number of fused-ring (bicyclic) bond motifs is 1. The first-order chi connectivity index (χ1) is 12.3. The van der Waals surface area contributed by atoms with E-state index in [1.807, 2.05) is 0 Å². The second-order valence-corrected chi connectivity index (χ2v) is 7.30. The third kappa shape index (κ3) is 3.96. The number of nitrogens with zero attached hydrogens (tertiary/aromatic N) is 3. The van der Waals surface area contributed by atoms with Crippen LogP contribution in [0.3, 0.4) is 0 Å². The van der Waals surface area contributed by atoms with Gasteiger partial charge < -0.3 is 19.5 Å². The number of amides is 2. The number of hydrogen-bond donors (Lipinski definition) is 1. The van der Waals surface area contributed by atoms with Crippen LogP contribution in [0.25, 0.3) is 0 Å². The van der Waals surface area contributed by atoms with E-state index < -0.39 is 0 Å². The molecule has 1 N–H and O–H groups in total. The molecule has 8 nitrogen and oxygen atoms in total. The van der Waals surface area contributed by atoms with Gasteiger partial charge in [0.25, 0.3) is 11.5 Å². The molecular formula is C18H26N4O4. The van der Waals surface area contributed by atoms with Gasteiger partial charge in [-0.15, -0.1) is 0 Å². The topological polar surface area (TPSA) is 83.9 Å². The molecule has 1 aromatic heterocycles. The van der Waals surface area contributed by atoms with Crippen molar-refractivity contribution in [1.82, 2.24) is 19.7 Å². The number of morpholine rings is 1. The quantitative estimate of drug-likeness (QED) is 0.776. The first-order valence-electron chi connectivity index (χ1n) is 8.87. The van der Waals surface area contributed by atoms with E-state index in [9.17, 15) is 14.4 Å². The standard InChI is InChI=1S/C18H26N4O4/c1-20(2)16(23)8-14-10-22-9-12(7-13(22)11-26-14)19-17(24)15-5-4-6-21(3)18(15)25/h4-6,12-14H,7-11H2,1-3H3,(H,19,24)/t12-,13+,14+/m1/s1. The predicted octanol–water partition coefficient (Wildman–Crippen LogP) is -0.565. The van der Waals surface area contributed by atoms with Gasteiger partial charge in [-0.05, 0) is 18.6 Å². The van der Waals surface area contributed by atoms with E-state index in [2.05, 4.69) is 10.2 Å². The van der Waals surface area contributed by atoms with Crippen molar-refractivity contribution >= 4 is 11.8 Å². The average molecular weight is 362 g/mol. The minimum atomic E-state index is -0.337. The van der Waals surface area contributed by atoms with Crippen molar-refractivity contribution < 1.29 is 14.3 Å². The number of aromatic nitrogens is 1. The molecule has 0 radical (unpaired) electrons. The predicted molar refractivity (Wildman–Crippen MR) is 96.0 cm³/mol. The zero-order chi connectivity index (χ0) is 18.8. The average Bonchev–Trinajstić information content (AvgIpc) is 2.98. The smallest absolute Gasteiger partial charge is 0.263 e. The second-order valence-electron chi connectivity index (χ2n) is 7.30. The lowest BCUT2D eigenvalue weighted by atomic mass is 10.1. The van der Waals surface area contributed by atoms with Crippen LogP contribution in [-0.2, 0) is 16.6 Å². The molecule has 0 spiro atoms. The Balaban J connectivity index is 1.57. The second kappa shape index (κ2) is 7.59. The number of ether oxygens (including phenoxy) is 1. The van der Waals surface area contributed by atoms with Gasteiger partial charge in [0.1, 0.15) is 5.56 Å². The van der Waals surface area contributed by atoms with Crippen molar-refractivity contribution in [2.45, 2.75) is 31.0 Å². The molecule has 26 heavy (non-hydrogen) atoms. The number of aryl methyl sites for hydroxylation is 1. The summed E-state index contributed by atoms with van der Waals surface area (Å²) in [5, 5.41) is 2.97. The molecule has 0 unspecified atom stereocenters. The molecule has 0 aromatic carbocycles. The summed E-state index contributed by atoms with van der Waals surface area (Å²) in [4.78, 5) is 40.2. The van der Waals surface area contributed by atoms with Crippen molar-refractivity contribution in [2.75, 3.05) is 33.8 Å². The molecule has 2 saturated heterocycles. The highest BCUT2D eigenvalue weighted by atomic mass is 16.5. The van der Waals surface area contributed by atoms with Crippen LogP contribution in [0.4, 0.5) is 0 Å². The number of rotatable bonds is 4. The highest BCUT2D eigenvalue weighted by molar-refractivity contribution is 5.94. The van der Waals surface area contributed by atoms with Crippen molar-refractivity contribution in [3.8, 4) is 0 Å². The minimum absolute atomic E-state index is 0.0238. The summed E-state index contributed by atoms with van der Waals surface area (Å²) in [5.41, 5.74) is -0.142.